The SMILES string of the molecule is CNc1ccc(-c2ccnc(C)c2)cc1.O=CNCCc1ccc(Cl)cc1. The number of hydrogen-bond acceptors (Lipinski definition) is 3. The van der Waals surface area contributed by atoms with Gasteiger partial charge in [0.25, 0.3) is 0 Å². The van der Waals surface area contributed by atoms with E-state index in [0.29, 0.717) is 13.0 Å². The summed E-state index contributed by atoms with van der Waals surface area (Å²) >= 11 is 5.70. The van der Waals surface area contributed by atoms with Crippen LogP contribution in [0.5, 0.6) is 0 Å². The van der Waals surface area contributed by atoms with Gasteiger partial charge in [0.05, 0.1) is 0 Å². The van der Waals surface area contributed by atoms with Crippen LogP contribution in [-0.4, -0.2) is 25.0 Å². The molecule has 3 aromatic rings. The van der Waals surface area contributed by atoms with Crippen molar-refractivity contribution < 1.29 is 4.79 Å². The molecule has 1 amide bonds. The second-order valence-corrected chi connectivity index (χ2v) is 6.40. The van der Waals surface area contributed by atoms with Crippen molar-refractivity contribution in [2.45, 2.75) is 13.3 Å². The largest absolute Gasteiger partial charge is 0.388 e. The maximum atomic E-state index is 9.92. The van der Waals surface area contributed by atoms with E-state index in [4.69, 9.17) is 11.6 Å². The maximum Gasteiger partial charge on any atom is 0.207 e. The number of aryl methyl sites for hydroxylation is 1. The van der Waals surface area contributed by atoms with E-state index in [1.165, 1.54) is 16.7 Å². The van der Waals surface area contributed by atoms with Crippen molar-refractivity contribution in [2.75, 3.05) is 18.9 Å². The van der Waals surface area contributed by atoms with Gasteiger partial charge in [0.1, 0.15) is 0 Å². The molecule has 0 aliphatic heterocycles. The summed E-state index contributed by atoms with van der Waals surface area (Å²) in [5.74, 6) is 0. The third kappa shape index (κ3) is 7.12. The van der Waals surface area contributed by atoms with E-state index < -0.39 is 0 Å². The van der Waals surface area contributed by atoms with Crippen molar-refractivity contribution in [2.24, 2.45) is 0 Å². The number of rotatable bonds is 6. The van der Waals surface area contributed by atoms with E-state index in [1.54, 1.807) is 0 Å². The fourth-order valence-corrected chi connectivity index (χ4v) is 2.61. The average molecular weight is 382 g/mol. The number of hydrogen-bond donors (Lipinski definition) is 2. The number of anilines is 1. The Balaban J connectivity index is 0.000000199. The zero-order valence-electron chi connectivity index (χ0n) is 15.6. The first-order chi connectivity index (χ1) is 13.1. The number of nitrogens with zero attached hydrogens (tertiary/aromatic N) is 1. The highest BCUT2D eigenvalue weighted by atomic mass is 35.5. The third-order valence-electron chi connectivity index (χ3n) is 3.96. The molecule has 0 spiro atoms. The highest BCUT2D eigenvalue weighted by Gasteiger charge is 1.97. The quantitative estimate of drug-likeness (QED) is 0.479. The number of aromatic nitrogens is 1. The van der Waals surface area contributed by atoms with Crippen molar-refractivity contribution in [1.29, 1.82) is 0 Å². The molecule has 0 radical (unpaired) electrons. The number of halogens is 1. The molecule has 5 heteroatoms. The summed E-state index contributed by atoms with van der Waals surface area (Å²) < 4.78 is 0. The van der Waals surface area contributed by atoms with Crippen LogP contribution in [0.1, 0.15) is 11.3 Å². The first-order valence-electron chi connectivity index (χ1n) is 8.74. The Labute approximate surface area is 165 Å². The molecule has 1 heterocycles. The monoisotopic (exact) mass is 381 g/mol. The van der Waals surface area contributed by atoms with Crippen molar-refractivity contribution in [3.63, 3.8) is 0 Å². The lowest BCUT2D eigenvalue weighted by molar-refractivity contribution is -0.109. The summed E-state index contributed by atoms with van der Waals surface area (Å²) in [7, 11) is 1.92. The smallest absolute Gasteiger partial charge is 0.207 e. The van der Waals surface area contributed by atoms with E-state index in [9.17, 15) is 4.79 Å². The van der Waals surface area contributed by atoms with E-state index in [0.717, 1.165) is 22.8 Å². The molecule has 0 aliphatic rings. The first-order valence-corrected chi connectivity index (χ1v) is 9.12. The first kappa shape index (κ1) is 20.5. The summed E-state index contributed by atoms with van der Waals surface area (Å²) in [5, 5.41) is 6.44. The van der Waals surface area contributed by atoms with Gasteiger partial charge in [-0.1, -0.05) is 35.9 Å². The van der Waals surface area contributed by atoms with E-state index in [1.807, 2.05) is 50.5 Å². The van der Waals surface area contributed by atoms with E-state index >= 15 is 0 Å². The lowest BCUT2D eigenvalue weighted by atomic mass is 10.1. The van der Waals surface area contributed by atoms with Gasteiger partial charge in [-0.3, -0.25) is 9.78 Å². The topological polar surface area (TPSA) is 54.0 Å². The molecule has 1 aromatic heterocycles. The predicted molar refractivity (Wildman–Crippen MR) is 113 cm³/mol. The van der Waals surface area contributed by atoms with Crippen LogP contribution in [-0.2, 0) is 11.2 Å². The van der Waals surface area contributed by atoms with Crippen molar-refractivity contribution in [3.8, 4) is 11.1 Å². The number of carbonyl (C=O) groups is 1. The number of benzene rings is 2. The molecule has 0 bridgehead atoms. The van der Waals surface area contributed by atoms with E-state index in [-0.39, 0.29) is 0 Å². The Morgan fingerprint density at radius 2 is 1.70 bits per heavy atom. The highest BCUT2D eigenvalue weighted by Crippen LogP contribution is 2.21. The maximum absolute atomic E-state index is 9.92. The molecule has 4 nitrogen and oxygen atoms in total. The van der Waals surface area contributed by atoms with Gasteiger partial charge in [0.15, 0.2) is 0 Å². The van der Waals surface area contributed by atoms with Crippen molar-refractivity contribution in [1.82, 2.24) is 10.3 Å². The van der Waals surface area contributed by atoms with Crippen LogP contribution in [0, 0.1) is 6.92 Å². The molecular formula is C22H24ClN3O. The van der Waals surface area contributed by atoms with Crippen LogP contribution in [0.25, 0.3) is 11.1 Å². The van der Waals surface area contributed by atoms with Crippen LogP contribution in [0.3, 0.4) is 0 Å². The number of carbonyl (C=O) groups excluding carboxylic acids is 1. The van der Waals surface area contributed by atoms with Gasteiger partial charge in [0, 0.05) is 36.2 Å². The van der Waals surface area contributed by atoms with Crippen LogP contribution < -0.4 is 10.6 Å². The van der Waals surface area contributed by atoms with Crippen LogP contribution in [0.2, 0.25) is 5.02 Å². The number of nitrogens with one attached hydrogen (secondary N) is 2. The summed E-state index contributed by atoms with van der Waals surface area (Å²) in [6, 6.07) is 20.1. The molecule has 2 aromatic carbocycles. The Morgan fingerprint density at radius 3 is 2.30 bits per heavy atom. The fraction of sp³-hybridized carbons (Fsp3) is 0.182. The van der Waals surface area contributed by atoms with Gasteiger partial charge in [-0.25, -0.2) is 0 Å². The normalized spacial score (nSPS) is 9.74. The molecule has 140 valence electrons. The zero-order valence-corrected chi connectivity index (χ0v) is 16.3. The van der Waals surface area contributed by atoms with E-state index in [2.05, 4.69) is 45.9 Å². The molecule has 2 N–H and O–H groups in total. The van der Waals surface area contributed by atoms with Gasteiger partial charge in [0.2, 0.25) is 6.41 Å². The van der Waals surface area contributed by atoms with Crippen LogP contribution >= 0.6 is 11.6 Å². The minimum absolute atomic E-state index is 0.672. The zero-order chi connectivity index (χ0) is 19.5. The van der Waals surface area contributed by atoms with Crippen LogP contribution in [0.15, 0.2) is 66.9 Å². The molecule has 27 heavy (non-hydrogen) atoms. The Kier molecular flexibility index (Phi) is 8.33. The molecule has 0 unspecified atom stereocenters. The molecular weight excluding hydrogens is 358 g/mol. The van der Waals surface area contributed by atoms with Crippen molar-refractivity contribution >= 4 is 23.7 Å². The standard InChI is InChI=1S/C13H14N2.C9H10ClNO/c1-10-9-12(7-8-15-10)11-3-5-13(14-2)6-4-11;10-9-3-1-8(2-4-9)5-6-11-7-12/h3-9,14H,1-2H3;1-4,7H,5-6H2,(H,11,12). The van der Waals surface area contributed by atoms with Crippen molar-refractivity contribution in [3.05, 3.63) is 83.1 Å². The fourth-order valence-electron chi connectivity index (χ4n) is 2.48. The minimum Gasteiger partial charge on any atom is -0.388 e. The molecule has 3 rings (SSSR count). The van der Waals surface area contributed by atoms with Gasteiger partial charge in [-0.2, -0.15) is 0 Å². The highest BCUT2D eigenvalue weighted by molar-refractivity contribution is 6.30. The molecule has 0 atom stereocenters. The summed E-state index contributed by atoms with van der Waals surface area (Å²) in [5.41, 5.74) is 5.79. The lowest BCUT2D eigenvalue weighted by Gasteiger charge is -2.04. The van der Waals surface area contributed by atoms with Gasteiger partial charge in [-0.15, -0.1) is 0 Å². The summed E-state index contributed by atoms with van der Waals surface area (Å²) in [6.45, 7) is 2.68. The second-order valence-electron chi connectivity index (χ2n) is 5.96. The summed E-state index contributed by atoms with van der Waals surface area (Å²) in [6.07, 6.45) is 3.39. The Bertz CT molecular complexity index is 833. The minimum atomic E-state index is 0.672. The lowest BCUT2D eigenvalue weighted by Crippen LogP contribution is -2.14. The third-order valence-corrected chi connectivity index (χ3v) is 4.21. The predicted octanol–water partition coefficient (Wildman–Crippen LogP) is 4.73. The second kappa shape index (κ2) is 11.0. The summed E-state index contributed by atoms with van der Waals surface area (Å²) in [4.78, 5) is 14.1. The van der Waals surface area contributed by atoms with Gasteiger partial charge in [-0.05, 0) is 66.4 Å². The number of amides is 1. The average Bonchev–Trinajstić information content (AvgIpc) is 2.70. The van der Waals surface area contributed by atoms with Crippen LogP contribution in [0.4, 0.5) is 5.69 Å². The Morgan fingerprint density at radius 1 is 1.00 bits per heavy atom. The molecule has 0 saturated heterocycles. The molecule has 0 saturated carbocycles. The van der Waals surface area contributed by atoms with Gasteiger partial charge >= 0.3 is 0 Å². The Hall–Kier alpha value is -2.85. The molecule has 0 aliphatic carbocycles. The number of pyridine rings is 1. The molecule has 0 fully saturated rings. The van der Waals surface area contributed by atoms with Gasteiger partial charge < -0.3 is 10.6 Å².